The number of aromatic amines is 1. The van der Waals surface area contributed by atoms with Crippen LogP contribution in [0.5, 0.6) is 5.88 Å². The Labute approximate surface area is 115 Å². The van der Waals surface area contributed by atoms with Crippen molar-refractivity contribution in [1.82, 2.24) is 19.9 Å². The summed E-state index contributed by atoms with van der Waals surface area (Å²) < 4.78 is 15.7. The van der Waals surface area contributed by atoms with Gasteiger partial charge in [-0.1, -0.05) is 0 Å². The molecule has 2 heterocycles. The minimum absolute atomic E-state index is 0.117. The lowest BCUT2D eigenvalue weighted by molar-refractivity contribution is 0.0643. The summed E-state index contributed by atoms with van der Waals surface area (Å²) in [6.07, 6.45) is 2.28. The van der Waals surface area contributed by atoms with Crippen LogP contribution in [0.4, 0.5) is 0 Å². The van der Waals surface area contributed by atoms with E-state index in [1.807, 2.05) is 0 Å². The minimum atomic E-state index is 0.117. The third kappa shape index (κ3) is 4.02. The van der Waals surface area contributed by atoms with Crippen LogP contribution < -0.4 is 4.74 Å². The van der Waals surface area contributed by atoms with Crippen LogP contribution >= 0.6 is 11.6 Å². The Kier molecular flexibility index (Phi) is 5.31. The van der Waals surface area contributed by atoms with Crippen molar-refractivity contribution in [2.45, 2.75) is 6.42 Å². The summed E-state index contributed by atoms with van der Waals surface area (Å²) in [6, 6.07) is 0. The second-order valence-corrected chi connectivity index (χ2v) is 4.04. The summed E-state index contributed by atoms with van der Waals surface area (Å²) in [5, 5.41) is 0.117. The Morgan fingerprint density at radius 2 is 2.11 bits per heavy atom. The molecule has 0 aromatic carbocycles. The molecule has 2 rings (SSSR count). The standard InChI is InChI=1S/C11H15ClN4O3/c1-17-5-6-18-3-2-4-19-10-8-9(14-7-13-8)15-11(12)16-10/h7H,2-6H2,1H3,(H,13,14,15,16). The molecule has 8 heteroatoms. The van der Waals surface area contributed by atoms with E-state index in [-0.39, 0.29) is 5.28 Å². The van der Waals surface area contributed by atoms with Crippen molar-refractivity contribution in [3.05, 3.63) is 11.6 Å². The number of nitrogens with one attached hydrogen (secondary N) is 1. The van der Waals surface area contributed by atoms with E-state index in [4.69, 9.17) is 25.8 Å². The van der Waals surface area contributed by atoms with E-state index in [0.717, 1.165) is 6.42 Å². The third-order valence-corrected chi connectivity index (χ3v) is 2.50. The van der Waals surface area contributed by atoms with Crippen LogP contribution in [0.3, 0.4) is 0 Å². The number of ether oxygens (including phenoxy) is 3. The van der Waals surface area contributed by atoms with Gasteiger partial charge in [-0.25, -0.2) is 4.98 Å². The van der Waals surface area contributed by atoms with Crippen LogP contribution in [0.15, 0.2) is 6.33 Å². The summed E-state index contributed by atoms with van der Waals surface area (Å²) in [4.78, 5) is 14.9. The van der Waals surface area contributed by atoms with E-state index in [2.05, 4.69) is 19.9 Å². The molecule has 1 N–H and O–H groups in total. The molecule has 19 heavy (non-hydrogen) atoms. The van der Waals surface area contributed by atoms with E-state index in [1.54, 1.807) is 7.11 Å². The number of hydrogen-bond acceptors (Lipinski definition) is 6. The average Bonchev–Trinajstić information content (AvgIpc) is 2.85. The van der Waals surface area contributed by atoms with Crippen molar-refractivity contribution in [3.8, 4) is 5.88 Å². The van der Waals surface area contributed by atoms with Crippen LogP contribution in [0.1, 0.15) is 6.42 Å². The molecule has 0 aliphatic heterocycles. The van der Waals surface area contributed by atoms with Gasteiger partial charge >= 0.3 is 0 Å². The first-order chi connectivity index (χ1) is 9.31. The van der Waals surface area contributed by atoms with E-state index in [1.165, 1.54) is 6.33 Å². The SMILES string of the molecule is COCCOCCCOc1nc(Cl)nc2nc[nH]c12. The molecule has 0 aliphatic rings. The number of halogens is 1. The van der Waals surface area contributed by atoms with Gasteiger partial charge in [-0.3, -0.25) is 0 Å². The van der Waals surface area contributed by atoms with Gasteiger partial charge in [-0.05, 0) is 11.6 Å². The summed E-state index contributed by atoms with van der Waals surface area (Å²) in [7, 11) is 1.64. The zero-order chi connectivity index (χ0) is 13.5. The zero-order valence-electron chi connectivity index (χ0n) is 10.6. The fraction of sp³-hybridized carbons (Fsp3) is 0.545. The van der Waals surface area contributed by atoms with E-state index >= 15 is 0 Å². The van der Waals surface area contributed by atoms with Gasteiger partial charge in [0.2, 0.25) is 11.2 Å². The first-order valence-corrected chi connectivity index (χ1v) is 6.25. The highest BCUT2D eigenvalue weighted by molar-refractivity contribution is 6.28. The number of imidazole rings is 1. The van der Waals surface area contributed by atoms with Gasteiger partial charge in [0.15, 0.2) is 5.65 Å². The second-order valence-electron chi connectivity index (χ2n) is 3.71. The van der Waals surface area contributed by atoms with Gasteiger partial charge in [0.1, 0.15) is 5.52 Å². The smallest absolute Gasteiger partial charge is 0.244 e. The van der Waals surface area contributed by atoms with Crippen LogP contribution in [0.25, 0.3) is 11.2 Å². The normalized spacial score (nSPS) is 11.1. The lowest BCUT2D eigenvalue weighted by Gasteiger charge is -2.06. The lowest BCUT2D eigenvalue weighted by atomic mass is 10.5. The van der Waals surface area contributed by atoms with Crippen LogP contribution in [0, 0.1) is 0 Å². The van der Waals surface area contributed by atoms with Crippen molar-refractivity contribution in [2.75, 3.05) is 33.5 Å². The molecule has 2 aromatic rings. The van der Waals surface area contributed by atoms with Crippen molar-refractivity contribution in [2.24, 2.45) is 0 Å². The number of methoxy groups -OCH3 is 1. The zero-order valence-corrected chi connectivity index (χ0v) is 11.3. The fourth-order valence-corrected chi connectivity index (χ4v) is 1.62. The first kappa shape index (κ1) is 14.0. The molecule has 104 valence electrons. The average molecular weight is 287 g/mol. The molecule has 0 amide bonds. The van der Waals surface area contributed by atoms with Gasteiger partial charge in [0, 0.05) is 20.1 Å². The van der Waals surface area contributed by atoms with Crippen molar-refractivity contribution in [1.29, 1.82) is 0 Å². The van der Waals surface area contributed by atoms with Gasteiger partial charge in [-0.2, -0.15) is 9.97 Å². The Morgan fingerprint density at radius 3 is 2.95 bits per heavy atom. The van der Waals surface area contributed by atoms with Crippen LogP contribution in [-0.4, -0.2) is 53.5 Å². The minimum Gasteiger partial charge on any atom is -0.476 e. The number of fused-ring (bicyclic) bond motifs is 1. The topological polar surface area (TPSA) is 82.2 Å². The number of hydrogen-bond donors (Lipinski definition) is 1. The van der Waals surface area contributed by atoms with Crippen molar-refractivity contribution >= 4 is 22.8 Å². The van der Waals surface area contributed by atoms with Crippen molar-refractivity contribution in [3.63, 3.8) is 0 Å². The Balaban J connectivity index is 1.79. The molecule has 0 bridgehead atoms. The maximum absolute atomic E-state index is 5.78. The maximum atomic E-state index is 5.78. The van der Waals surface area contributed by atoms with Crippen LogP contribution in [0.2, 0.25) is 5.28 Å². The van der Waals surface area contributed by atoms with Gasteiger partial charge in [0.05, 0.1) is 26.1 Å². The first-order valence-electron chi connectivity index (χ1n) is 5.87. The summed E-state index contributed by atoms with van der Waals surface area (Å²) in [5.41, 5.74) is 1.14. The molecular weight excluding hydrogens is 272 g/mol. The second kappa shape index (κ2) is 7.22. The molecule has 0 radical (unpaired) electrons. The van der Waals surface area contributed by atoms with Crippen LogP contribution in [-0.2, 0) is 9.47 Å². The summed E-state index contributed by atoms with van der Waals surface area (Å²) in [6.45, 7) is 2.26. The number of rotatable bonds is 8. The van der Waals surface area contributed by atoms with Gasteiger partial charge in [0.25, 0.3) is 0 Å². The number of aromatic nitrogens is 4. The largest absolute Gasteiger partial charge is 0.476 e. The van der Waals surface area contributed by atoms with E-state index < -0.39 is 0 Å². The highest BCUT2D eigenvalue weighted by atomic mass is 35.5. The quantitative estimate of drug-likeness (QED) is 0.584. The highest BCUT2D eigenvalue weighted by Gasteiger charge is 2.09. The highest BCUT2D eigenvalue weighted by Crippen LogP contribution is 2.20. The molecule has 7 nitrogen and oxygen atoms in total. The Hall–Kier alpha value is -1.44. The van der Waals surface area contributed by atoms with Gasteiger partial charge < -0.3 is 19.2 Å². The van der Waals surface area contributed by atoms with E-state index in [0.29, 0.717) is 43.5 Å². The number of nitrogens with zero attached hydrogens (tertiary/aromatic N) is 3. The molecule has 0 atom stereocenters. The number of H-pyrrole nitrogens is 1. The van der Waals surface area contributed by atoms with Crippen molar-refractivity contribution < 1.29 is 14.2 Å². The fourth-order valence-electron chi connectivity index (χ4n) is 1.46. The molecule has 0 saturated heterocycles. The predicted molar refractivity (Wildman–Crippen MR) is 69.5 cm³/mol. The summed E-state index contributed by atoms with van der Waals surface area (Å²) in [5.74, 6) is 0.407. The molecule has 0 fully saturated rings. The monoisotopic (exact) mass is 286 g/mol. The predicted octanol–water partition coefficient (Wildman–Crippen LogP) is 1.44. The molecule has 0 unspecified atom stereocenters. The lowest BCUT2D eigenvalue weighted by Crippen LogP contribution is -2.07. The Bertz CT molecular complexity index is 520. The Morgan fingerprint density at radius 1 is 1.21 bits per heavy atom. The molecule has 0 aliphatic carbocycles. The maximum Gasteiger partial charge on any atom is 0.244 e. The third-order valence-electron chi connectivity index (χ3n) is 2.33. The van der Waals surface area contributed by atoms with E-state index in [9.17, 15) is 0 Å². The van der Waals surface area contributed by atoms with Gasteiger partial charge in [-0.15, -0.1) is 0 Å². The molecular formula is C11H15ClN4O3. The molecule has 0 spiro atoms. The molecule has 0 saturated carbocycles. The molecule has 2 aromatic heterocycles. The summed E-state index contributed by atoms with van der Waals surface area (Å²) >= 11 is 5.78.